The lowest BCUT2D eigenvalue weighted by molar-refractivity contribution is 0.0914. The summed E-state index contributed by atoms with van der Waals surface area (Å²) in [6, 6.07) is 7.67. The molecule has 1 unspecified atom stereocenters. The molecule has 1 atom stereocenters. The van der Waals surface area contributed by atoms with Crippen LogP contribution in [0, 0.1) is 0 Å². The van der Waals surface area contributed by atoms with Crippen LogP contribution in [0.1, 0.15) is 17.0 Å². The van der Waals surface area contributed by atoms with E-state index in [9.17, 15) is 4.79 Å². The number of rotatable bonds is 2. The minimum atomic E-state index is -0.143. The first-order valence-electron chi connectivity index (χ1n) is 5.93. The van der Waals surface area contributed by atoms with Crippen molar-refractivity contribution in [3.8, 4) is 0 Å². The van der Waals surface area contributed by atoms with Gasteiger partial charge in [-0.1, -0.05) is 15.9 Å². The van der Waals surface area contributed by atoms with Gasteiger partial charge in [0.05, 0.1) is 0 Å². The summed E-state index contributed by atoms with van der Waals surface area (Å²) in [5.41, 5.74) is 0.730. The van der Waals surface area contributed by atoms with Crippen LogP contribution < -0.4 is 10.6 Å². The summed E-state index contributed by atoms with van der Waals surface area (Å²) < 4.78 is 6.52. The van der Waals surface area contributed by atoms with Crippen molar-refractivity contribution in [1.29, 1.82) is 0 Å². The van der Waals surface area contributed by atoms with Gasteiger partial charge in [-0.3, -0.25) is 4.79 Å². The molecule has 0 spiro atoms. The smallest absolute Gasteiger partial charge is 0.287 e. The quantitative estimate of drug-likeness (QED) is 0.895. The Morgan fingerprint density at radius 3 is 3.11 bits per heavy atom. The topological polar surface area (TPSA) is 54.3 Å². The van der Waals surface area contributed by atoms with Gasteiger partial charge in [-0.25, -0.2) is 0 Å². The summed E-state index contributed by atoms with van der Waals surface area (Å²) in [7, 11) is 0. The summed E-state index contributed by atoms with van der Waals surface area (Å²) in [5.74, 6) is 0.228. The Labute approximate surface area is 113 Å². The van der Waals surface area contributed by atoms with Crippen LogP contribution in [-0.4, -0.2) is 25.0 Å². The molecule has 5 heteroatoms. The van der Waals surface area contributed by atoms with Crippen LogP contribution in [0.4, 0.5) is 0 Å². The Hall–Kier alpha value is -1.33. The van der Waals surface area contributed by atoms with Crippen LogP contribution >= 0.6 is 15.9 Å². The zero-order chi connectivity index (χ0) is 12.5. The van der Waals surface area contributed by atoms with Gasteiger partial charge in [0.1, 0.15) is 5.58 Å². The van der Waals surface area contributed by atoms with E-state index in [1.807, 2.05) is 18.2 Å². The largest absolute Gasteiger partial charge is 0.451 e. The second-order valence-electron chi connectivity index (χ2n) is 4.46. The molecule has 1 aliphatic rings. The number of furan rings is 1. The van der Waals surface area contributed by atoms with Gasteiger partial charge in [0.2, 0.25) is 0 Å². The first-order chi connectivity index (χ1) is 8.72. The Balaban J connectivity index is 1.82. The fourth-order valence-electron chi connectivity index (χ4n) is 2.16. The Bertz CT molecular complexity index is 588. The molecule has 1 aromatic carbocycles. The van der Waals surface area contributed by atoms with Crippen molar-refractivity contribution in [1.82, 2.24) is 10.6 Å². The number of fused-ring (bicyclic) bond motifs is 1. The highest BCUT2D eigenvalue weighted by atomic mass is 79.9. The van der Waals surface area contributed by atoms with E-state index in [2.05, 4.69) is 26.6 Å². The zero-order valence-electron chi connectivity index (χ0n) is 9.70. The SMILES string of the molecule is O=C(NC1CCNC1)c1cc2cc(Br)ccc2o1. The molecule has 0 saturated carbocycles. The van der Waals surface area contributed by atoms with Crippen molar-refractivity contribution in [3.05, 3.63) is 34.5 Å². The van der Waals surface area contributed by atoms with Gasteiger partial charge in [-0.2, -0.15) is 0 Å². The van der Waals surface area contributed by atoms with E-state index in [0.717, 1.165) is 35.0 Å². The number of benzene rings is 1. The molecular weight excluding hydrogens is 296 g/mol. The maximum atomic E-state index is 12.0. The minimum Gasteiger partial charge on any atom is -0.451 e. The molecule has 2 N–H and O–H groups in total. The number of nitrogens with one attached hydrogen (secondary N) is 2. The second kappa shape index (κ2) is 4.74. The maximum absolute atomic E-state index is 12.0. The molecule has 1 amide bonds. The third-order valence-electron chi connectivity index (χ3n) is 3.10. The summed E-state index contributed by atoms with van der Waals surface area (Å²) in [6.07, 6.45) is 0.970. The summed E-state index contributed by atoms with van der Waals surface area (Å²) in [6.45, 7) is 1.79. The Morgan fingerprint density at radius 2 is 2.33 bits per heavy atom. The summed E-state index contributed by atoms with van der Waals surface area (Å²) >= 11 is 3.40. The third-order valence-corrected chi connectivity index (χ3v) is 3.59. The number of amides is 1. The molecule has 4 nitrogen and oxygen atoms in total. The third kappa shape index (κ3) is 2.28. The van der Waals surface area contributed by atoms with Gasteiger partial charge in [0.15, 0.2) is 5.76 Å². The highest BCUT2D eigenvalue weighted by molar-refractivity contribution is 9.10. The average molecular weight is 309 g/mol. The molecule has 18 heavy (non-hydrogen) atoms. The van der Waals surface area contributed by atoms with Crippen molar-refractivity contribution in [3.63, 3.8) is 0 Å². The van der Waals surface area contributed by atoms with Gasteiger partial charge in [-0.15, -0.1) is 0 Å². The number of carbonyl (C=O) groups excluding carboxylic acids is 1. The van der Waals surface area contributed by atoms with Gasteiger partial charge < -0.3 is 15.1 Å². The van der Waals surface area contributed by atoms with Crippen LogP contribution in [0.3, 0.4) is 0 Å². The summed E-state index contributed by atoms with van der Waals surface area (Å²) in [5, 5.41) is 7.11. The highest BCUT2D eigenvalue weighted by Crippen LogP contribution is 2.23. The van der Waals surface area contributed by atoms with Gasteiger partial charge in [-0.05, 0) is 37.2 Å². The van der Waals surface area contributed by atoms with Crippen molar-refractivity contribution >= 4 is 32.8 Å². The number of hydrogen-bond acceptors (Lipinski definition) is 3. The standard InChI is InChI=1S/C13H13BrN2O2/c14-9-1-2-11-8(5-9)6-12(18-11)13(17)16-10-3-4-15-7-10/h1-2,5-6,10,15H,3-4,7H2,(H,16,17). The fraction of sp³-hybridized carbons (Fsp3) is 0.308. The molecule has 1 aromatic heterocycles. The molecule has 3 rings (SSSR count). The van der Waals surface area contributed by atoms with Crippen molar-refractivity contribution in [2.24, 2.45) is 0 Å². The van der Waals surface area contributed by atoms with E-state index in [0.29, 0.717) is 5.76 Å². The first kappa shape index (κ1) is 11.7. The highest BCUT2D eigenvalue weighted by Gasteiger charge is 2.19. The van der Waals surface area contributed by atoms with E-state index >= 15 is 0 Å². The van der Waals surface area contributed by atoms with E-state index in [1.54, 1.807) is 6.07 Å². The molecule has 0 aliphatic carbocycles. The van der Waals surface area contributed by atoms with Crippen LogP contribution in [0.2, 0.25) is 0 Å². The monoisotopic (exact) mass is 308 g/mol. The second-order valence-corrected chi connectivity index (χ2v) is 5.37. The van der Waals surface area contributed by atoms with Gasteiger partial charge >= 0.3 is 0 Å². The number of hydrogen-bond donors (Lipinski definition) is 2. The van der Waals surface area contributed by atoms with Crippen molar-refractivity contribution < 1.29 is 9.21 Å². The van der Waals surface area contributed by atoms with Crippen LogP contribution in [0.5, 0.6) is 0 Å². The molecule has 1 fully saturated rings. The maximum Gasteiger partial charge on any atom is 0.287 e. The summed E-state index contributed by atoms with van der Waals surface area (Å²) in [4.78, 5) is 12.0. The van der Waals surface area contributed by atoms with E-state index in [4.69, 9.17) is 4.42 Å². The van der Waals surface area contributed by atoms with Crippen LogP contribution in [-0.2, 0) is 0 Å². The zero-order valence-corrected chi connectivity index (χ0v) is 11.3. The fourth-order valence-corrected chi connectivity index (χ4v) is 2.54. The lowest BCUT2D eigenvalue weighted by Crippen LogP contribution is -2.35. The first-order valence-corrected chi connectivity index (χ1v) is 6.72. The van der Waals surface area contributed by atoms with Gasteiger partial charge in [0.25, 0.3) is 5.91 Å². The average Bonchev–Trinajstić information content (AvgIpc) is 2.96. The molecule has 1 saturated heterocycles. The molecule has 1 aliphatic heterocycles. The lowest BCUT2D eigenvalue weighted by Gasteiger charge is -2.08. The molecule has 2 heterocycles. The van der Waals surface area contributed by atoms with Crippen molar-refractivity contribution in [2.45, 2.75) is 12.5 Å². The van der Waals surface area contributed by atoms with Crippen LogP contribution in [0.25, 0.3) is 11.0 Å². The molecular formula is C13H13BrN2O2. The molecule has 2 aromatic rings. The van der Waals surface area contributed by atoms with E-state index in [1.165, 1.54) is 0 Å². The predicted molar refractivity (Wildman–Crippen MR) is 72.7 cm³/mol. The number of carbonyl (C=O) groups is 1. The molecule has 0 radical (unpaired) electrons. The van der Waals surface area contributed by atoms with E-state index < -0.39 is 0 Å². The van der Waals surface area contributed by atoms with Crippen molar-refractivity contribution in [2.75, 3.05) is 13.1 Å². The number of halogens is 1. The van der Waals surface area contributed by atoms with Gasteiger partial charge in [0, 0.05) is 22.4 Å². The normalized spacial score (nSPS) is 19.3. The molecule has 94 valence electrons. The minimum absolute atomic E-state index is 0.143. The Kier molecular flexibility index (Phi) is 3.09. The Morgan fingerprint density at radius 1 is 1.44 bits per heavy atom. The molecule has 0 bridgehead atoms. The predicted octanol–water partition coefficient (Wildman–Crippen LogP) is 2.29. The van der Waals surface area contributed by atoms with Crippen LogP contribution in [0.15, 0.2) is 33.2 Å². The van der Waals surface area contributed by atoms with E-state index in [-0.39, 0.29) is 11.9 Å². The lowest BCUT2D eigenvalue weighted by atomic mass is 10.2.